The number of ether oxygens (including phenoxy) is 2. The Hall–Kier alpha value is -1.57. The van der Waals surface area contributed by atoms with Gasteiger partial charge in [0.1, 0.15) is 11.7 Å². The molecule has 1 atom stereocenters. The number of likely N-dealkylation sites (tertiary alicyclic amines) is 1. The molecule has 3 rings (SSSR count). The number of hydrogen-bond donors (Lipinski definition) is 1. The maximum absolute atomic E-state index is 12.2. The molecule has 8 heteroatoms. The van der Waals surface area contributed by atoms with Crippen molar-refractivity contribution < 1.29 is 14.3 Å². The zero-order valence-electron chi connectivity index (χ0n) is 17.2. The van der Waals surface area contributed by atoms with Gasteiger partial charge in [0.2, 0.25) is 11.8 Å². The maximum Gasteiger partial charge on any atom is 0.410 e. The Morgan fingerprint density at radius 1 is 1.25 bits per heavy atom. The summed E-state index contributed by atoms with van der Waals surface area (Å²) in [4.78, 5) is 22.8. The summed E-state index contributed by atoms with van der Waals surface area (Å²) in [5, 5.41) is 3.44. The first-order chi connectivity index (χ1) is 13.2. The minimum absolute atomic E-state index is 0.109. The number of hydrogen-bond acceptors (Lipinski definition) is 6. The number of carbonyl (C=O) groups is 1. The van der Waals surface area contributed by atoms with Gasteiger partial charge in [-0.25, -0.2) is 9.78 Å². The van der Waals surface area contributed by atoms with Crippen LogP contribution in [-0.2, 0) is 4.74 Å². The lowest BCUT2D eigenvalue weighted by atomic mass is 9.87. The average molecular weight is 455 g/mol. The van der Waals surface area contributed by atoms with Gasteiger partial charge in [0.15, 0.2) is 0 Å². The van der Waals surface area contributed by atoms with Crippen LogP contribution in [0.2, 0.25) is 0 Å². The normalized spacial score (nSPS) is 25.5. The fourth-order valence-electron chi connectivity index (χ4n) is 3.57. The SMILES string of the molecule is CC1CCC(Nc2ncc(Br)c(OC3CCN(C(=O)OC(C)(C)C)C3)n2)CC1. The predicted molar refractivity (Wildman–Crippen MR) is 112 cm³/mol. The van der Waals surface area contributed by atoms with Crippen LogP contribution in [0.25, 0.3) is 0 Å². The van der Waals surface area contributed by atoms with Crippen LogP contribution in [0.5, 0.6) is 5.88 Å². The van der Waals surface area contributed by atoms with E-state index >= 15 is 0 Å². The first kappa shape index (κ1) is 21.1. The molecule has 0 radical (unpaired) electrons. The molecule has 1 saturated heterocycles. The first-order valence-corrected chi connectivity index (χ1v) is 10.9. The Labute approximate surface area is 175 Å². The van der Waals surface area contributed by atoms with E-state index in [0.29, 0.717) is 35.4 Å². The number of carbonyl (C=O) groups excluding carboxylic acids is 1. The van der Waals surface area contributed by atoms with Crippen molar-refractivity contribution >= 4 is 28.0 Å². The second-order valence-electron chi connectivity index (χ2n) is 8.90. The second kappa shape index (κ2) is 8.84. The molecule has 1 saturated carbocycles. The monoisotopic (exact) mass is 454 g/mol. The average Bonchev–Trinajstić information content (AvgIpc) is 3.07. The molecule has 1 aliphatic carbocycles. The van der Waals surface area contributed by atoms with E-state index in [1.165, 1.54) is 12.8 Å². The van der Waals surface area contributed by atoms with Crippen LogP contribution in [0.1, 0.15) is 59.8 Å². The van der Waals surface area contributed by atoms with Crippen molar-refractivity contribution in [2.24, 2.45) is 5.92 Å². The quantitative estimate of drug-likeness (QED) is 0.714. The van der Waals surface area contributed by atoms with Crippen molar-refractivity contribution in [3.63, 3.8) is 0 Å². The van der Waals surface area contributed by atoms with Crippen LogP contribution in [-0.4, -0.2) is 51.8 Å². The zero-order valence-corrected chi connectivity index (χ0v) is 18.8. The van der Waals surface area contributed by atoms with Crippen molar-refractivity contribution in [3.05, 3.63) is 10.7 Å². The molecule has 0 aromatic carbocycles. The maximum atomic E-state index is 12.2. The Balaban J connectivity index is 1.56. The minimum Gasteiger partial charge on any atom is -0.471 e. The van der Waals surface area contributed by atoms with Gasteiger partial charge in [-0.05, 0) is 68.3 Å². The summed E-state index contributed by atoms with van der Waals surface area (Å²) < 4.78 is 12.2. The molecule has 2 heterocycles. The Bertz CT molecular complexity index is 687. The number of nitrogens with zero attached hydrogens (tertiary/aromatic N) is 3. The van der Waals surface area contributed by atoms with E-state index in [1.54, 1.807) is 11.1 Å². The largest absolute Gasteiger partial charge is 0.471 e. The van der Waals surface area contributed by atoms with Crippen molar-refractivity contribution in [2.75, 3.05) is 18.4 Å². The highest BCUT2D eigenvalue weighted by Crippen LogP contribution is 2.29. The molecule has 1 aromatic rings. The molecule has 1 aromatic heterocycles. The van der Waals surface area contributed by atoms with E-state index in [2.05, 4.69) is 38.1 Å². The van der Waals surface area contributed by atoms with Crippen LogP contribution >= 0.6 is 15.9 Å². The van der Waals surface area contributed by atoms with Crippen molar-refractivity contribution in [2.45, 2.75) is 77.5 Å². The Morgan fingerprint density at radius 2 is 1.96 bits per heavy atom. The molecule has 1 unspecified atom stereocenters. The summed E-state index contributed by atoms with van der Waals surface area (Å²) >= 11 is 3.47. The molecule has 2 aliphatic rings. The minimum atomic E-state index is -0.497. The summed E-state index contributed by atoms with van der Waals surface area (Å²) in [5.41, 5.74) is -0.497. The summed E-state index contributed by atoms with van der Waals surface area (Å²) in [6, 6.07) is 0.416. The van der Waals surface area contributed by atoms with Crippen LogP contribution in [0.15, 0.2) is 10.7 Å². The van der Waals surface area contributed by atoms with Gasteiger partial charge < -0.3 is 19.7 Å². The van der Waals surface area contributed by atoms with Gasteiger partial charge in [-0.1, -0.05) is 6.92 Å². The number of nitrogens with one attached hydrogen (secondary N) is 1. The summed E-state index contributed by atoms with van der Waals surface area (Å²) in [5.74, 6) is 1.91. The smallest absolute Gasteiger partial charge is 0.410 e. The van der Waals surface area contributed by atoms with Crippen molar-refractivity contribution in [1.82, 2.24) is 14.9 Å². The van der Waals surface area contributed by atoms with Crippen LogP contribution in [0.3, 0.4) is 0 Å². The highest BCUT2D eigenvalue weighted by atomic mass is 79.9. The summed E-state index contributed by atoms with van der Waals surface area (Å²) in [7, 11) is 0. The molecule has 0 bridgehead atoms. The van der Waals surface area contributed by atoms with Crippen molar-refractivity contribution in [3.8, 4) is 5.88 Å². The Morgan fingerprint density at radius 3 is 2.64 bits per heavy atom. The number of halogens is 1. The molecule has 28 heavy (non-hydrogen) atoms. The zero-order chi connectivity index (χ0) is 20.3. The molecular weight excluding hydrogens is 424 g/mol. The summed E-state index contributed by atoms with van der Waals surface area (Å²) in [6.07, 6.45) is 6.82. The predicted octanol–water partition coefficient (Wildman–Crippen LogP) is 4.62. The van der Waals surface area contributed by atoms with Crippen molar-refractivity contribution in [1.29, 1.82) is 0 Å². The molecule has 1 N–H and O–H groups in total. The van der Waals surface area contributed by atoms with E-state index in [9.17, 15) is 4.79 Å². The topological polar surface area (TPSA) is 76.6 Å². The van der Waals surface area contributed by atoms with E-state index in [-0.39, 0.29) is 12.2 Å². The summed E-state index contributed by atoms with van der Waals surface area (Å²) in [6.45, 7) is 9.03. The number of rotatable bonds is 4. The fourth-order valence-corrected chi connectivity index (χ4v) is 3.85. The lowest BCUT2D eigenvalue weighted by molar-refractivity contribution is 0.0274. The molecule has 1 amide bonds. The van der Waals surface area contributed by atoms with Gasteiger partial charge in [0.25, 0.3) is 0 Å². The van der Waals surface area contributed by atoms with Gasteiger partial charge in [-0.2, -0.15) is 4.98 Å². The van der Waals surface area contributed by atoms with E-state index in [0.717, 1.165) is 25.2 Å². The molecule has 2 fully saturated rings. The fraction of sp³-hybridized carbons (Fsp3) is 0.750. The Kier molecular flexibility index (Phi) is 6.68. The van der Waals surface area contributed by atoms with E-state index in [4.69, 9.17) is 9.47 Å². The van der Waals surface area contributed by atoms with Gasteiger partial charge >= 0.3 is 6.09 Å². The molecule has 0 spiro atoms. The first-order valence-electron chi connectivity index (χ1n) is 10.1. The third-order valence-corrected chi connectivity index (χ3v) is 5.68. The van der Waals surface area contributed by atoms with E-state index in [1.807, 2.05) is 20.8 Å². The second-order valence-corrected chi connectivity index (χ2v) is 9.76. The highest BCUT2D eigenvalue weighted by molar-refractivity contribution is 9.10. The standard InChI is InChI=1S/C20H31BrN4O3/c1-13-5-7-14(8-6-13)23-18-22-11-16(21)17(24-18)27-15-9-10-25(12-15)19(26)28-20(2,3)4/h11,13-15H,5-10,12H2,1-4H3,(H,22,23,24). The third kappa shape index (κ3) is 5.96. The van der Waals surface area contributed by atoms with Gasteiger partial charge in [-0.15, -0.1) is 0 Å². The lowest BCUT2D eigenvalue weighted by Crippen LogP contribution is -2.36. The number of anilines is 1. The van der Waals surface area contributed by atoms with E-state index < -0.39 is 5.60 Å². The number of amides is 1. The van der Waals surface area contributed by atoms with Gasteiger partial charge in [0.05, 0.1) is 17.2 Å². The lowest BCUT2D eigenvalue weighted by Gasteiger charge is -2.27. The van der Waals surface area contributed by atoms with Crippen LogP contribution in [0, 0.1) is 5.92 Å². The van der Waals surface area contributed by atoms with Crippen LogP contribution in [0.4, 0.5) is 10.7 Å². The third-order valence-electron chi connectivity index (χ3n) is 5.14. The van der Waals surface area contributed by atoms with Gasteiger partial charge in [0, 0.05) is 19.0 Å². The molecule has 1 aliphatic heterocycles. The van der Waals surface area contributed by atoms with Crippen LogP contribution < -0.4 is 10.1 Å². The molecular formula is C20H31BrN4O3. The van der Waals surface area contributed by atoms with Gasteiger partial charge in [-0.3, -0.25) is 0 Å². The number of aromatic nitrogens is 2. The highest BCUT2D eigenvalue weighted by Gasteiger charge is 2.31. The molecule has 156 valence electrons. The molecule has 7 nitrogen and oxygen atoms in total.